The number of hydrogen-bond acceptors (Lipinski definition) is 6. The number of ether oxygens (including phenoxy) is 1. The van der Waals surface area contributed by atoms with Crippen LogP contribution in [0.15, 0.2) is 60.7 Å². The fourth-order valence-electron chi connectivity index (χ4n) is 2.57. The molecule has 6 heteroatoms. The first kappa shape index (κ1) is 18.7. The van der Waals surface area contributed by atoms with Crippen LogP contribution in [0.25, 0.3) is 11.4 Å². The van der Waals surface area contributed by atoms with E-state index in [4.69, 9.17) is 4.74 Å². The standard InChI is InChI=1S/C21H25N5O/c1-26(2)13-12-22-19-15-20(23-17-10-7-11-18(14-17)27-3)25-21(24-19)16-8-5-4-6-9-16/h4-11,14-15H,12-13H2,1-3H3,(H2,22,23,24,25). The summed E-state index contributed by atoms with van der Waals surface area (Å²) < 4.78 is 5.30. The van der Waals surface area contributed by atoms with Gasteiger partial charge in [-0.05, 0) is 26.2 Å². The highest BCUT2D eigenvalue weighted by molar-refractivity contribution is 5.65. The smallest absolute Gasteiger partial charge is 0.163 e. The van der Waals surface area contributed by atoms with Gasteiger partial charge in [0.05, 0.1) is 7.11 Å². The van der Waals surface area contributed by atoms with Gasteiger partial charge >= 0.3 is 0 Å². The van der Waals surface area contributed by atoms with Gasteiger partial charge in [-0.3, -0.25) is 0 Å². The molecule has 0 spiro atoms. The van der Waals surface area contributed by atoms with Crippen LogP contribution in [0.3, 0.4) is 0 Å². The molecule has 6 nitrogen and oxygen atoms in total. The van der Waals surface area contributed by atoms with E-state index in [1.54, 1.807) is 7.11 Å². The zero-order valence-electron chi connectivity index (χ0n) is 15.9. The third-order valence-electron chi connectivity index (χ3n) is 3.97. The Bertz CT molecular complexity index is 867. The maximum atomic E-state index is 5.30. The topological polar surface area (TPSA) is 62.3 Å². The van der Waals surface area contributed by atoms with Gasteiger partial charge in [-0.2, -0.15) is 0 Å². The number of methoxy groups -OCH3 is 1. The lowest BCUT2D eigenvalue weighted by Crippen LogP contribution is -2.21. The lowest BCUT2D eigenvalue weighted by atomic mass is 10.2. The van der Waals surface area contributed by atoms with Crippen molar-refractivity contribution >= 4 is 17.3 Å². The molecule has 0 aliphatic heterocycles. The lowest BCUT2D eigenvalue weighted by molar-refractivity contribution is 0.415. The summed E-state index contributed by atoms with van der Waals surface area (Å²) >= 11 is 0. The second kappa shape index (κ2) is 9.00. The van der Waals surface area contributed by atoms with E-state index < -0.39 is 0 Å². The fourth-order valence-corrected chi connectivity index (χ4v) is 2.57. The summed E-state index contributed by atoms with van der Waals surface area (Å²) in [5.41, 5.74) is 1.88. The van der Waals surface area contributed by atoms with Gasteiger partial charge in [0.2, 0.25) is 0 Å². The maximum Gasteiger partial charge on any atom is 0.163 e. The first-order valence-electron chi connectivity index (χ1n) is 8.88. The number of rotatable bonds is 8. The molecule has 0 bridgehead atoms. The van der Waals surface area contributed by atoms with Crippen molar-refractivity contribution in [2.24, 2.45) is 0 Å². The zero-order chi connectivity index (χ0) is 19.1. The summed E-state index contributed by atoms with van der Waals surface area (Å²) in [5.74, 6) is 2.98. The molecule has 1 aromatic heterocycles. The van der Waals surface area contributed by atoms with Crippen molar-refractivity contribution in [1.82, 2.24) is 14.9 Å². The number of benzene rings is 2. The fraction of sp³-hybridized carbons (Fsp3) is 0.238. The van der Waals surface area contributed by atoms with Crippen molar-refractivity contribution < 1.29 is 4.74 Å². The molecule has 0 atom stereocenters. The van der Waals surface area contributed by atoms with Crippen molar-refractivity contribution in [2.75, 3.05) is 44.9 Å². The molecule has 2 aromatic carbocycles. The molecule has 140 valence electrons. The largest absolute Gasteiger partial charge is 0.497 e. The molecule has 0 unspecified atom stereocenters. The van der Waals surface area contributed by atoms with E-state index in [9.17, 15) is 0 Å². The molecule has 0 amide bonds. The summed E-state index contributed by atoms with van der Waals surface area (Å²) in [5, 5.41) is 6.72. The van der Waals surface area contributed by atoms with Gasteiger partial charge in [0.25, 0.3) is 0 Å². The third-order valence-corrected chi connectivity index (χ3v) is 3.97. The van der Waals surface area contributed by atoms with Gasteiger partial charge in [0.1, 0.15) is 17.4 Å². The van der Waals surface area contributed by atoms with E-state index in [1.165, 1.54) is 0 Å². The Kier molecular flexibility index (Phi) is 6.22. The van der Waals surface area contributed by atoms with Crippen LogP contribution in [0.1, 0.15) is 0 Å². The number of nitrogens with zero attached hydrogens (tertiary/aromatic N) is 3. The normalized spacial score (nSPS) is 10.7. The molecule has 2 N–H and O–H groups in total. The minimum atomic E-state index is 0.677. The lowest BCUT2D eigenvalue weighted by Gasteiger charge is -2.14. The molecule has 3 rings (SSSR count). The van der Waals surface area contributed by atoms with E-state index in [0.29, 0.717) is 5.82 Å². The number of likely N-dealkylation sites (N-methyl/N-ethyl adjacent to an activating group) is 1. The summed E-state index contributed by atoms with van der Waals surface area (Å²) in [6.07, 6.45) is 0. The van der Waals surface area contributed by atoms with Gasteiger partial charge in [-0.25, -0.2) is 9.97 Å². The molecule has 1 heterocycles. The average Bonchev–Trinajstić information content (AvgIpc) is 2.68. The van der Waals surface area contributed by atoms with E-state index in [2.05, 4.69) is 25.5 Å². The van der Waals surface area contributed by atoms with Crippen LogP contribution in [0.4, 0.5) is 17.3 Å². The number of anilines is 3. The molecule has 0 aliphatic rings. The maximum absolute atomic E-state index is 5.30. The van der Waals surface area contributed by atoms with Crippen molar-refractivity contribution in [3.05, 3.63) is 60.7 Å². The van der Waals surface area contributed by atoms with Gasteiger partial charge in [-0.15, -0.1) is 0 Å². The summed E-state index contributed by atoms with van der Waals surface area (Å²) in [7, 11) is 5.75. The summed E-state index contributed by atoms with van der Waals surface area (Å²) in [6, 6.07) is 19.7. The molecule has 27 heavy (non-hydrogen) atoms. The van der Waals surface area contributed by atoms with Crippen LogP contribution < -0.4 is 15.4 Å². The van der Waals surface area contributed by atoms with E-state index in [1.807, 2.05) is 74.8 Å². The van der Waals surface area contributed by atoms with E-state index in [0.717, 1.165) is 41.7 Å². The van der Waals surface area contributed by atoms with Crippen molar-refractivity contribution in [3.8, 4) is 17.1 Å². The Hall–Kier alpha value is -3.12. The minimum Gasteiger partial charge on any atom is -0.497 e. The highest BCUT2D eigenvalue weighted by Crippen LogP contribution is 2.24. The van der Waals surface area contributed by atoms with Crippen molar-refractivity contribution in [3.63, 3.8) is 0 Å². The Morgan fingerprint density at radius 2 is 1.70 bits per heavy atom. The first-order valence-corrected chi connectivity index (χ1v) is 8.88. The number of nitrogens with one attached hydrogen (secondary N) is 2. The Morgan fingerprint density at radius 3 is 2.44 bits per heavy atom. The third kappa shape index (κ3) is 5.43. The molecule has 3 aromatic rings. The predicted octanol–water partition coefficient (Wildman–Crippen LogP) is 3.87. The van der Waals surface area contributed by atoms with E-state index >= 15 is 0 Å². The Labute approximate surface area is 160 Å². The monoisotopic (exact) mass is 363 g/mol. The number of hydrogen-bond donors (Lipinski definition) is 2. The number of aromatic nitrogens is 2. The van der Waals surface area contributed by atoms with Crippen LogP contribution in [0, 0.1) is 0 Å². The van der Waals surface area contributed by atoms with Gasteiger partial charge in [0.15, 0.2) is 5.82 Å². The molecule has 0 aliphatic carbocycles. The molecular weight excluding hydrogens is 338 g/mol. The summed E-state index contributed by atoms with van der Waals surface area (Å²) in [6.45, 7) is 1.72. The van der Waals surface area contributed by atoms with Crippen LogP contribution >= 0.6 is 0 Å². The molecule has 0 saturated heterocycles. The molecular formula is C21H25N5O. The quantitative estimate of drug-likeness (QED) is 0.633. The highest BCUT2D eigenvalue weighted by Gasteiger charge is 2.08. The average molecular weight is 363 g/mol. The van der Waals surface area contributed by atoms with Crippen molar-refractivity contribution in [1.29, 1.82) is 0 Å². The molecule has 0 saturated carbocycles. The van der Waals surface area contributed by atoms with Gasteiger partial charge in [-0.1, -0.05) is 36.4 Å². The SMILES string of the molecule is COc1cccc(Nc2cc(NCCN(C)C)nc(-c3ccccc3)n2)c1. The van der Waals surface area contributed by atoms with Crippen molar-refractivity contribution in [2.45, 2.75) is 0 Å². The first-order chi connectivity index (χ1) is 13.1. The Morgan fingerprint density at radius 1 is 0.926 bits per heavy atom. The second-order valence-corrected chi connectivity index (χ2v) is 6.42. The van der Waals surface area contributed by atoms with Crippen LogP contribution in [0.5, 0.6) is 5.75 Å². The minimum absolute atomic E-state index is 0.677. The van der Waals surface area contributed by atoms with Crippen LogP contribution in [-0.4, -0.2) is 49.2 Å². The second-order valence-electron chi connectivity index (χ2n) is 6.42. The highest BCUT2D eigenvalue weighted by atomic mass is 16.5. The molecule has 0 fully saturated rings. The Balaban J connectivity index is 1.88. The van der Waals surface area contributed by atoms with Crippen LogP contribution in [0.2, 0.25) is 0 Å². The predicted molar refractivity (Wildman–Crippen MR) is 111 cm³/mol. The van der Waals surface area contributed by atoms with Gasteiger partial charge < -0.3 is 20.3 Å². The zero-order valence-corrected chi connectivity index (χ0v) is 15.9. The van der Waals surface area contributed by atoms with Crippen LogP contribution in [-0.2, 0) is 0 Å². The van der Waals surface area contributed by atoms with Gasteiger partial charge in [0, 0.05) is 36.5 Å². The van der Waals surface area contributed by atoms with E-state index in [-0.39, 0.29) is 0 Å². The summed E-state index contributed by atoms with van der Waals surface area (Å²) in [4.78, 5) is 11.5. The molecule has 0 radical (unpaired) electrons.